The molecule has 0 aromatic heterocycles. The molecular formula is C16H25OP. The zero-order chi connectivity index (χ0) is 13.6. The van der Waals surface area contributed by atoms with Crippen LogP contribution in [0.25, 0.3) is 0 Å². The molecule has 0 saturated carbocycles. The van der Waals surface area contributed by atoms with Gasteiger partial charge in [0.25, 0.3) is 0 Å². The molecule has 0 spiro atoms. The fourth-order valence-electron chi connectivity index (χ4n) is 3.10. The van der Waals surface area contributed by atoms with Crippen LogP contribution >= 0.6 is 7.92 Å². The lowest BCUT2D eigenvalue weighted by Gasteiger charge is -2.42. The molecule has 2 rings (SSSR count). The summed E-state index contributed by atoms with van der Waals surface area (Å²) in [6.07, 6.45) is 1.07. The molecule has 1 nitrogen and oxygen atoms in total. The van der Waals surface area contributed by atoms with E-state index in [9.17, 15) is 0 Å². The number of hydrogen-bond donors (Lipinski definition) is 0. The molecule has 0 radical (unpaired) electrons. The monoisotopic (exact) mass is 264 g/mol. The molecule has 1 aromatic carbocycles. The Hall–Kier alpha value is -0.550. The zero-order valence-corrected chi connectivity index (χ0v) is 13.4. The Morgan fingerprint density at radius 3 is 2.17 bits per heavy atom. The average Bonchev–Trinajstić information content (AvgIpc) is 2.61. The van der Waals surface area contributed by atoms with E-state index in [2.05, 4.69) is 59.7 Å². The summed E-state index contributed by atoms with van der Waals surface area (Å²) in [4.78, 5) is 0. The van der Waals surface area contributed by atoms with Crippen LogP contribution in [0.5, 0.6) is 5.75 Å². The van der Waals surface area contributed by atoms with Gasteiger partial charge in [0.2, 0.25) is 0 Å². The summed E-state index contributed by atoms with van der Waals surface area (Å²) in [6, 6.07) is 6.70. The van der Waals surface area contributed by atoms with Gasteiger partial charge in [-0.15, -0.1) is 0 Å². The van der Waals surface area contributed by atoms with Crippen molar-refractivity contribution < 1.29 is 4.74 Å². The summed E-state index contributed by atoms with van der Waals surface area (Å²) >= 11 is 0. The number of para-hydroxylation sites is 1. The molecule has 1 aromatic rings. The number of hydrogen-bond acceptors (Lipinski definition) is 1. The van der Waals surface area contributed by atoms with Crippen molar-refractivity contribution >= 4 is 13.2 Å². The lowest BCUT2D eigenvalue weighted by molar-refractivity contribution is 0.359. The highest BCUT2D eigenvalue weighted by Gasteiger charge is 2.38. The normalized spacial score (nSPS) is 15.7. The number of benzene rings is 1. The Bertz CT molecular complexity index is 423. The van der Waals surface area contributed by atoms with Crippen molar-refractivity contribution in [2.75, 3.05) is 6.61 Å². The summed E-state index contributed by atoms with van der Waals surface area (Å²) in [5.74, 6) is 1.19. The largest absolute Gasteiger partial charge is 0.492 e. The van der Waals surface area contributed by atoms with Crippen LogP contribution in [-0.4, -0.2) is 16.9 Å². The fourth-order valence-corrected chi connectivity index (χ4v) is 7.21. The van der Waals surface area contributed by atoms with Gasteiger partial charge in [0.05, 0.1) is 6.61 Å². The second kappa shape index (κ2) is 4.53. The third-order valence-electron chi connectivity index (χ3n) is 3.28. The van der Waals surface area contributed by atoms with Gasteiger partial charge in [-0.1, -0.05) is 67.7 Å². The molecule has 0 atom stereocenters. The Kier molecular flexibility index (Phi) is 3.49. The highest BCUT2D eigenvalue weighted by atomic mass is 31.1. The van der Waals surface area contributed by atoms with E-state index in [1.165, 1.54) is 16.6 Å². The second-order valence-corrected chi connectivity index (χ2v) is 10.9. The molecule has 18 heavy (non-hydrogen) atoms. The first kappa shape index (κ1) is 13.9. The minimum atomic E-state index is -0.266. The van der Waals surface area contributed by atoms with Gasteiger partial charge < -0.3 is 4.74 Å². The highest BCUT2D eigenvalue weighted by Crippen LogP contribution is 2.60. The maximum Gasteiger partial charge on any atom is 0.130 e. The van der Waals surface area contributed by atoms with Crippen molar-refractivity contribution in [3.05, 3.63) is 23.8 Å². The Morgan fingerprint density at radius 2 is 1.61 bits per heavy atom. The van der Waals surface area contributed by atoms with Crippen molar-refractivity contribution in [1.29, 1.82) is 0 Å². The van der Waals surface area contributed by atoms with E-state index in [1.54, 1.807) is 0 Å². The van der Waals surface area contributed by atoms with E-state index in [1.807, 2.05) is 0 Å². The zero-order valence-electron chi connectivity index (χ0n) is 12.5. The van der Waals surface area contributed by atoms with Crippen molar-refractivity contribution in [2.24, 2.45) is 0 Å². The molecule has 0 fully saturated rings. The number of fused-ring (bicyclic) bond motifs is 1. The van der Waals surface area contributed by atoms with Gasteiger partial charge in [-0.05, 0) is 15.9 Å². The van der Waals surface area contributed by atoms with E-state index in [0.717, 1.165) is 13.0 Å². The molecule has 0 aliphatic carbocycles. The van der Waals surface area contributed by atoms with Crippen molar-refractivity contribution in [3.63, 3.8) is 0 Å². The summed E-state index contributed by atoms with van der Waals surface area (Å²) in [7, 11) is -0.266. The molecular weight excluding hydrogens is 239 g/mol. The van der Waals surface area contributed by atoms with Crippen LogP contribution in [0.15, 0.2) is 18.2 Å². The SMILES string of the molecule is CC(C)(C)P(c1cccc2c1OCC2)C(C)(C)C. The van der Waals surface area contributed by atoms with Gasteiger partial charge >= 0.3 is 0 Å². The van der Waals surface area contributed by atoms with Crippen molar-refractivity contribution in [1.82, 2.24) is 0 Å². The van der Waals surface area contributed by atoms with E-state index in [4.69, 9.17) is 4.74 Å². The highest BCUT2D eigenvalue weighted by molar-refractivity contribution is 7.68. The average molecular weight is 264 g/mol. The van der Waals surface area contributed by atoms with Crippen molar-refractivity contribution in [3.8, 4) is 5.75 Å². The summed E-state index contributed by atoms with van der Waals surface area (Å²) in [6.45, 7) is 15.0. The predicted molar refractivity (Wildman–Crippen MR) is 81.7 cm³/mol. The van der Waals surface area contributed by atoms with Gasteiger partial charge in [-0.3, -0.25) is 0 Å². The Balaban J connectivity index is 2.54. The first-order valence-electron chi connectivity index (χ1n) is 6.76. The first-order chi connectivity index (χ1) is 8.21. The van der Waals surface area contributed by atoms with Crippen LogP contribution in [0.4, 0.5) is 0 Å². The molecule has 0 unspecified atom stereocenters. The standard InChI is InChI=1S/C16H25OP/c1-15(2,3)18(16(4,5)6)13-9-7-8-12-10-11-17-14(12)13/h7-9H,10-11H2,1-6H3. The smallest absolute Gasteiger partial charge is 0.130 e. The topological polar surface area (TPSA) is 9.23 Å². The lowest BCUT2D eigenvalue weighted by Crippen LogP contribution is -2.31. The van der Waals surface area contributed by atoms with E-state index in [0.29, 0.717) is 10.3 Å². The van der Waals surface area contributed by atoms with Crippen molar-refractivity contribution in [2.45, 2.75) is 58.3 Å². The minimum Gasteiger partial charge on any atom is -0.492 e. The number of ether oxygens (including phenoxy) is 1. The van der Waals surface area contributed by atoms with Gasteiger partial charge in [0.1, 0.15) is 5.75 Å². The summed E-state index contributed by atoms with van der Waals surface area (Å²) < 4.78 is 5.92. The van der Waals surface area contributed by atoms with Crippen LogP contribution < -0.4 is 10.0 Å². The van der Waals surface area contributed by atoms with Crippen LogP contribution in [-0.2, 0) is 6.42 Å². The first-order valence-corrected chi connectivity index (χ1v) is 8.10. The Morgan fingerprint density at radius 1 is 1.00 bits per heavy atom. The minimum absolute atomic E-state index is 0.266. The van der Waals surface area contributed by atoms with Gasteiger partial charge in [0.15, 0.2) is 0 Å². The molecule has 0 bridgehead atoms. The molecule has 100 valence electrons. The molecule has 0 amide bonds. The fraction of sp³-hybridized carbons (Fsp3) is 0.625. The molecule has 0 saturated heterocycles. The lowest BCUT2D eigenvalue weighted by atomic mass is 10.2. The summed E-state index contributed by atoms with van der Waals surface area (Å²) in [5, 5.41) is 2.06. The molecule has 1 heterocycles. The quantitative estimate of drug-likeness (QED) is 0.686. The summed E-state index contributed by atoms with van der Waals surface area (Å²) in [5.41, 5.74) is 1.40. The molecule has 2 heteroatoms. The molecule has 1 aliphatic heterocycles. The number of rotatable bonds is 1. The molecule has 1 aliphatic rings. The second-order valence-electron chi connectivity index (χ2n) is 7.04. The van der Waals surface area contributed by atoms with E-state index >= 15 is 0 Å². The van der Waals surface area contributed by atoms with Crippen LogP contribution in [0, 0.1) is 0 Å². The molecule has 0 N–H and O–H groups in total. The predicted octanol–water partition coefficient (Wildman–Crippen LogP) is 4.33. The van der Waals surface area contributed by atoms with E-state index in [-0.39, 0.29) is 7.92 Å². The van der Waals surface area contributed by atoms with Gasteiger partial charge in [-0.2, -0.15) is 0 Å². The maximum atomic E-state index is 5.92. The maximum absolute atomic E-state index is 5.92. The van der Waals surface area contributed by atoms with Gasteiger partial charge in [0, 0.05) is 11.7 Å². The third kappa shape index (κ3) is 2.57. The van der Waals surface area contributed by atoms with E-state index < -0.39 is 0 Å². The van der Waals surface area contributed by atoms with Crippen LogP contribution in [0.1, 0.15) is 47.1 Å². The van der Waals surface area contributed by atoms with Gasteiger partial charge in [-0.25, -0.2) is 0 Å². The van der Waals surface area contributed by atoms with Crippen LogP contribution in [0.3, 0.4) is 0 Å². The van der Waals surface area contributed by atoms with Crippen LogP contribution in [0.2, 0.25) is 0 Å². The third-order valence-corrected chi connectivity index (χ3v) is 6.79. The Labute approximate surface area is 113 Å².